The van der Waals surface area contributed by atoms with E-state index >= 15 is 0 Å². The van der Waals surface area contributed by atoms with Gasteiger partial charge in [-0.15, -0.1) is 22.9 Å². The molecule has 0 aromatic carbocycles. The van der Waals surface area contributed by atoms with Crippen molar-refractivity contribution >= 4 is 28.8 Å². The minimum Gasteiger partial charge on any atom is -0.383 e. The van der Waals surface area contributed by atoms with Gasteiger partial charge in [-0.25, -0.2) is 9.97 Å². The highest BCUT2D eigenvalue weighted by Gasteiger charge is 2.07. The molecular weight excluding hydrogens is 218 g/mol. The largest absolute Gasteiger partial charge is 0.383 e. The average molecular weight is 226 g/mol. The fourth-order valence-corrected chi connectivity index (χ4v) is 2.12. The lowest BCUT2D eigenvalue weighted by Crippen LogP contribution is -1.92. The molecule has 3 nitrogen and oxygen atoms in total. The SMILES string of the molecule is Nc1ncccc1-c1ncc(CCl)s1. The molecule has 0 unspecified atom stereocenters. The van der Waals surface area contributed by atoms with Gasteiger partial charge in [-0.1, -0.05) is 0 Å². The van der Waals surface area contributed by atoms with Crippen molar-refractivity contribution in [3.05, 3.63) is 29.4 Å². The monoisotopic (exact) mass is 225 g/mol. The summed E-state index contributed by atoms with van der Waals surface area (Å²) in [6.45, 7) is 0. The number of nitrogens with zero attached hydrogens (tertiary/aromatic N) is 2. The Morgan fingerprint density at radius 2 is 2.29 bits per heavy atom. The van der Waals surface area contributed by atoms with Crippen molar-refractivity contribution in [3.8, 4) is 10.6 Å². The number of pyridine rings is 1. The number of halogens is 1. The van der Waals surface area contributed by atoms with Crippen molar-refractivity contribution in [3.63, 3.8) is 0 Å². The number of aromatic nitrogens is 2. The summed E-state index contributed by atoms with van der Waals surface area (Å²) in [5, 5.41) is 0.867. The maximum absolute atomic E-state index is 5.73. The molecule has 0 radical (unpaired) electrons. The summed E-state index contributed by atoms with van der Waals surface area (Å²) in [5.74, 6) is 0.987. The topological polar surface area (TPSA) is 51.8 Å². The summed E-state index contributed by atoms with van der Waals surface area (Å²) < 4.78 is 0. The van der Waals surface area contributed by atoms with Gasteiger partial charge in [-0.3, -0.25) is 0 Å². The Labute approximate surface area is 90.6 Å². The number of hydrogen-bond acceptors (Lipinski definition) is 4. The molecule has 0 amide bonds. The highest BCUT2D eigenvalue weighted by molar-refractivity contribution is 7.15. The Morgan fingerprint density at radius 1 is 1.43 bits per heavy atom. The van der Waals surface area contributed by atoms with Crippen LogP contribution in [0.15, 0.2) is 24.5 Å². The van der Waals surface area contributed by atoms with Gasteiger partial charge in [-0.05, 0) is 12.1 Å². The Balaban J connectivity index is 2.44. The van der Waals surface area contributed by atoms with Gasteiger partial charge in [-0.2, -0.15) is 0 Å². The second-order valence-electron chi connectivity index (χ2n) is 2.70. The van der Waals surface area contributed by atoms with Crippen molar-refractivity contribution in [2.75, 3.05) is 5.73 Å². The standard InChI is InChI=1S/C9H8ClN3S/c10-4-6-5-13-9(14-6)7-2-1-3-12-8(7)11/h1-3,5H,4H2,(H2,11,12). The zero-order valence-corrected chi connectivity index (χ0v) is 8.85. The number of nitrogen functional groups attached to an aromatic ring is 1. The van der Waals surface area contributed by atoms with E-state index in [1.165, 1.54) is 11.3 Å². The number of nitrogens with two attached hydrogens (primary N) is 1. The highest BCUT2D eigenvalue weighted by atomic mass is 35.5. The summed E-state index contributed by atoms with van der Waals surface area (Å²) >= 11 is 7.23. The fourth-order valence-electron chi connectivity index (χ4n) is 1.09. The molecule has 2 aromatic heterocycles. The molecule has 0 atom stereocenters. The maximum atomic E-state index is 5.73. The molecule has 0 saturated heterocycles. The lowest BCUT2D eigenvalue weighted by molar-refractivity contribution is 1.31. The summed E-state index contributed by atoms with van der Waals surface area (Å²) in [4.78, 5) is 9.27. The van der Waals surface area contributed by atoms with Crippen LogP contribution in [-0.4, -0.2) is 9.97 Å². The van der Waals surface area contributed by atoms with Crippen LogP contribution in [0.5, 0.6) is 0 Å². The first-order valence-electron chi connectivity index (χ1n) is 4.03. The van der Waals surface area contributed by atoms with E-state index in [0.717, 1.165) is 15.4 Å². The van der Waals surface area contributed by atoms with E-state index in [4.69, 9.17) is 17.3 Å². The van der Waals surface area contributed by atoms with Crippen molar-refractivity contribution in [2.24, 2.45) is 0 Å². The van der Waals surface area contributed by atoms with Gasteiger partial charge < -0.3 is 5.73 Å². The first-order chi connectivity index (χ1) is 6.81. The normalized spacial score (nSPS) is 10.4. The lowest BCUT2D eigenvalue weighted by atomic mass is 10.3. The minimum atomic E-state index is 0.484. The molecule has 72 valence electrons. The van der Waals surface area contributed by atoms with Crippen LogP contribution in [0.1, 0.15) is 4.88 Å². The van der Waals surface area contributed by atoms with Gasteiger partial charge in [0.1, 0.15) is 10.8 Å². The van der Waals surface area contributed by atoms with Crippen LogP contribution < -0.4 is 5.73 Å². The number of alkyl halides is 1. The van der Waals surface area contributed by atoms with E-state index in [1.807, 2.05) is 12.1 Å². The molecule has 2 heterocycles. The molecular formula is C9H8ClN3S. The minimum absolute atomic E-state index is 0.484. The summed E-state index contributed by atoms with van der Waals surface area (Å²) in [6, 6.07) is 3.74. The fraction of sp³-hybridized carbons (Fsp3) is 0.111. The predicted molar refractivity (Wildman–Crippen MR) is 59.3 cm³/mol. The number of hydrogen-bond donors (Lipinski definition) is 1. The number of rotatable bonds is 2. The lowest BCUT2D eigenvalue weighted by Gasteiger charge is -1.98. The van der Waals surface area contributed by atoms with Gasteiger partial charge >= 0.3 is 0 Å². The van der Waals surface area contributed by atoms with Crippen LogP contribution in [0.3, 0.4) is 0 Å². The Kier molecular flexibility index (Phi) is 2.65. The third-order valence-corrected chi connectivity index (χ3v) is 3.23. The molecule has 5 heteroatoms. The van der Waals surface area contributed by atoms with E-state index in [0.29, 0.717) is 11.7 Å². The average Bonchev–Trinajstić information content (AvgIpc) is 2.67. The molecule has 0 aliphatic rings. The van der Waals surface area contributed by atoms with E-state index in [-0.39, 0.29) is 0 Å². The smallest absolute Gasteiger partial charge is 0.133 e. The second-order valence-corrected chi connectivity index (χ2v) is 4.08. The summed E-state index contributed by atoms with van der Waals surface area (Å²) in [5.41, 5.74) is 6.60. The van der Waals surface area contributed by atoms with Crippen LogP contribution in [0.25, 0.3) is 10.6 Å². The van der Waals surface area contributed by atoms with Gasteiger partial charge in [0, 0.05) is 17.3 Å². The molecule has 0 fully saturated rings. The van der Waals surface area contributed by atoms with Crippen LogP contribution >= 0.6 is 22.9 Å². The number of thiazole rings is 1. The number of anilines is 1. The van der Waals surface area contributed by atoms with Crippen LogP contribution in [0.4, 0.5) is 5.82 Å². The van der Waals surface area contributed by atoms with Crippen LogP contribution in [-0.2, 0) is 5.88 Å². The van der Waals surface area contributed by atoms with E-state index < -0.39 is 0 Å². The Morgan fingerprint density at radius 3 is 2.93 bits per heavy atom. The zero-order valence-electron chi connectivity index (χ0n) is 7.27. The molecule has 0 aliphatic heterocycles. The van der Waals surface area contributed by atoms with Crippen molar-refractivity contribution in [2.45, 2.75) is 5.88 Å². The summed E-state index contributed by atoms with van der Waals surface area (Å²) in [7, 11) is 0. The highest BCUT2D eigenvalue weighted by Crippen LogP contribution is 2.28. The quantitative estimate of drug-likeness (QED) is 0.800. The van der Waals surface area contributed by atoms with Gasteiger partial charge in [0.2, 0.25) is 0 Å². The summed E-state index contributed by atoms with van der Waals surface area (Å²) in [6.07, 6.45) is 3.42. The molecule has 0 spiro atoms. The molecule has 0 bridgehead atoms. The molecule has 0 aliphatic carbocycles. The Hall–Kier alpha value is -1.13. The zero-order chi connectivity index (χ0) is 9.97. The first-order valence-corrected chi connectivity index (χ1v) is 5.38. The Bertz CT molecular complexity index is 441. The van der Waals surface area contributed by atoms with Gasteiger partial charge in [0.05, 0.1) is 11.4 Å². The van der Waals surface area contributed by atoms with Gasteiger partial charge in [0.15, 0.2) is 0 Å². The molecule has 0 saturated carbocycles. The predicted octanol–water partition coefficient (Wildman–Crippen LogP) is 2.53. The van der Waals surface area contributed by atoms with Crippen molar-refractivity contribution < 1.29 is 0 Å². The van der Waals surface area contributed by atoms with E-state index in [9.17, 15) is 0 Å². The van der Waals surface area contributed by atoms with Crippen LogP contribution in [0, 0.1) is 0 Å². The van der Waals surface area contributed by atoms with Crippen molar-refractivity contribution in [1.82, 2.24) is 9.97 Å². The third-order valence-electron chi connectivity index (χ3n) is 1.75. The molecule has 2 rings (SSSR count). The van der Waals surface area contributed by atoms with Crippen LogP contribution in [0.2, 0.25) is 0 Å². The maximum Gasteiger partial charge on any atom is 0.133 e. The van der Waals surface area contributed by atoms with E-state index in [2.05, 4.69) is 9.97 Å². The molecule has 2 N–H and O–H groups in total. The molecule has 2 aromatic rings. The van der Waals surface area contributed by atoms with Gasteiger partial charge in [0.25, 0.3) is 0 Å². The van der Waals surface area contributed by atoms with E-state index in [1.54, 1.807) is 12.4 Å². The molecule has 14 heavy (non-hydrogen) atoms. The second kappa shape index (κ2) is 3.94. The van der Waals surface area contributed by atoms with Crippen molar-refractivity contribution in [1.29, 1.82) is 0 Å². The third kappa shape index (κ3) is 1.71. The first kappa shape index (κ1) is 9.43.